The first-order valence-corrected chi connectivity index (χ1v) is 10.7. The predicted octanol–water partition coefficient (Wildman–Crippen LogP) is 2.97. The van der Waals surface area contributed by atoms with Crippen LogP contribution >= 0.6 is 11.3 Å². The minimum absolute atomic E-state index is 0.184. The first-order chi connectivity index (χ1) is 14.7. The lowest BCUT2D eigenvalue weighted by atomic mass is 10.0. The Hall–Kier alpha value is -3.39. The van der Waals surface area contributed by atoms with Crippen LogP contribution in [0.5, 0.6) is 0 Å². The minimum atomic E-state index is -0.660. The summed E-state index contributed by atoms with van der Waals surface area (Å²) in [5.41, 5.74) is 2.01. The maximum atomic E-state index is 12.9. The Morgan fingerprint density at radius 2 is 2.10 bits per heavy atom. The number of aromatic nitrogens is 3. The number of nitrogens with zero attached hydrogens (tertiary/aromatic N) is 2. The Kier molecular flexibility index (Phi) is 6.24. The van der Waals surface area contributed by atoms with Gasteiger partial charge in [0.2, 0.25) is 5.91 Å². The van der Waals surface area contributed by atoms with E-state index < -0.39 is 6.04 Å². The molecule has 7 nitrogen and oxygen atoms in total. The van der Waals surface area contributed by atoms with E-state index in [0.29, 0.717) is 17.8 Å². The summed E-state index contributed by atoms with van der Waals surface area (Å²) in [6.07, 6.45) is 8.47. The Morgan fingerprint density at radius 1 is 1.20 bits per heavy atom. The number of aromatic amines is 1. The number of hydrogen-bond donors (Lipinski definition) is 3. The van der Waals surface area contributed by atoms with Crippen molar-refractivity contribution in [2.24, 2.45) is 0 Å². The molecule has 0 aliphatic heterocycles. The SMILES string of the molecule is O=C(NC(Cc1c[nH]c2ccccc12)C(=O)NCCCn1ccnc1)c1cccs1. The van der Waals surface area contributed by atoms with Crippen LogP contribution in [0.2, 0.25) is 0 Å². The number of amides is 2. The van der Waals surface area contributed by atoms with Crippen LogP contribution in [0.25, 0.3) is 10.9 Å². The molecule has 0 bridgehead atoms. The number of carbonyl (C=O) groups is 2. The Morgan fingerprint density at radius 3 is 2.90 bits per heavy atom. The zero-order valence-electron chi connectivity index (χ0n) is 16.4. The molecule has 154 valence electrons. The van der Waals surface area contributed by atoms with Crippen molar-refractivity contribution in [3.63, 3.8) is 0 Å². The van der Waals surface area contributed by atoms with Crippen LogP contribution in [-0.4, -0.2) is 38.9 Å². The summed E-state index contributed by atoms with van der Waals surface area (Å²) in [5, 5.41) is 8.77. The molecule has 30 heavy (non-hydrogen) atoms. The highest BCUT2D eigenvalue weighted by Crippen LogP contribution is 2.19. The average Bonchev–Trinajstić information content (AvgIpc) is 3.53. The third-order valence-corrected chi connectivity index (χ3v) is 5.79. The molecule has 3 aromatic heterocycles. The van der Waals surface area contributed by atoms with Crippen LogP contribution in [0.3, 0.4) is 0 Å². The van der Waals surface area contributed by atoms with Gasteiger partial charge in [-0.1, -0.05) is 24.3 Å². The van der Waals surface area contributed by atoms with E-state index >= 15 is 0 Å². The number of aryl methyl sites for hydroxylation is 1. The van der Waals surface area contributed by atoms with E-state index in [-0.39, 0.29) is 11.8 Å². The summed E-state index contributed by atoms with van der Waals surface area (Å²) in [4.78, 5) is 33.4. The lowest BCUT2D eigenvalue weighted by molar-refractivity contribution is -0.122. The topological polar surface area (TPSA) is 91.8 Å². The van der Waals surface area contributed by atoms with Crippen molar-refractivity contribution < 1.29 is 9.59 Å². The molecule has 1 aromatic carbocycles. The Balaban J connectivity index is 1.43. The van der Waals surface area contributed by atoms with Crippen molar-refractivity contribution in [3.05, 3.63) is 77.1 Å². The van der Waals surface area contributed by atoms with E-state index in [2.05, 4.69) is 20.6 Å². The molecule has 0 fully saturated rings. The number of rotatable bonds is 9. The monoisotopic (exact) mass is 421 g/mol. The maximum Gasteiger partial charge on any atom is 0.262 e. The van der Waals surface area contributed by atoms with Crippen LogP contribution in [-0.2, 0) is 17.8 Å². The van der Waals surface area contributed by atoms with Gasteiger partial charge in [0.05, 0.1) is 11.2 Å². The van der Waals surface area contributed by atoms with Gasteiger partial charge in [0.15, 0.2) is 0 Å². The van der Waals surface area contributed by atoms with Crippen LogP contribution < -0.4 is 10.6 Å². The van der Waals surface area contributed by atoms with Gasteiger partial charge in [-0.15, -0.1) is 11.3 Å². The van der Waals surface area contributed by atoms with Gasteiger partial charge in [-0.3, -0.25) is 9.59 Å². The number of H-pyrrole nitrogens is 1. The number of imidazole rings is 1. The number of hydrogen-bond acceptors (Lipinski definition) is 4. The smallest absolute Gasteiger partial charge is 0.262 e. The molecule has 4 rings (SSSR count). The van der Waals surface area contributed by atoms with Crippen molar-refractivity contribution in [2.75, 3.05) is 6.54 Å². The molecule has 1 atom stereocenters. The van der Waals surface area contributed by atoms with Crippen molar-refractivity contribution in [1.82, 2.24) is 25.2 Å². The van der Waals surface area contributed by atoms with Gasteiger partial charge in [0.1, 0.15) is 6.04 Å². The summed E-state index contributed by atoms with van der Waals surface area (Å²) in [5.74, 6) is -0.417. The predicted molar refractivity (Wildman–Crippen MR) is 117 cm³/mol. The highest BCUT2D eigenvalue weighted by molar-refractivity contribution is 7.12. The third-order valence-electron chi connectivity index (χ3n) is 4.92. The molecule has 8 heteroatoms. The summed E-state index contributed by atoms with van der Waals surface area (Å²) >= 11 is 1.36. The van der Waals surface area contributed by atoms with E-state index in [9.17, 15) is 9.59 Å². The van der Waals surface area contributed by atoms with Crippen LogP contribution in [0.4, 0.5) is 0 Å². The molecule has 1 unspecified atom stereocenters. The fraction of sp³-hybridized carbons (Fsp3) is 0.227. The summed E-state index contributed by atoms with van der Waals surface area (Å²) in [6.45, 7) is 1.30. The summed E-state index contributed by atoms with van der Waals surface area (Å²) in [7, 11) is 0. The van der Waals surface area contributed by atoms with E-state index in [1.54, 1.807) is 18.6 Å². The largest absolute Gasteiger partial charge is 0.361 e. The van der Waals surface area contributed by atoms with Gasteiger partial charge in [-0.2, -0.15) is 0 Å². The van der Waals surface area contributed by atoms with Crippen molar-refractivity contribution >= 4 is 34.1 Å². The number of thiophene rings is 1. The summed E-state index contributed by atoms with van der Waals surface area (Å²) < 4.78 is 1.97. The van der Waals surface area contributed by atoms with Gasteiger partial charge in [-0.05, 0) is 29.5 Å². The van der Waals surface area contributed by atoms with E-state index in [1.165, 1.54) is 11.3 Å². The fourth-order valence-corrected chi connectivity index (χ4v) is 4.01. The molecule has 0 aliphatic rings. The second-order valence-corrected chi connectivity index (χ2v) is 7.96. The summed E-state index contributed by atoms with van der Waals surface area (Å²) in [6, 6.07) is 10.9. The molecule has 0 saturated carbocycles. The van der Waals surface area contributed by atoms with Crippen LogP contribution in [0, 0.1) is 0 Å². The van der Waals surface area contributed by atoms with Crippen molar-refractivity contribution in [2.45, 2.75) is 25.4 Å². The highest BCUT2D eigenvalue weighted by atomic mass is 32.1. The molecule has 0 aliphatic carbocycles. The molecule has 3 heterocycles. The van der Waals surface area contributed by atoms with E-state index in [0.717, 1.165) is 29.4 Å². The molecule has 0 saturated heterocycles. The van der Waals surface area contributed by atoms with Gasteiger partial charge in [0.25, 0.3) is 5.91 Å². The first kappa shape index (κ1) is 19.9. The van der Waals surface area contributed by atoms with Gasteiger partial charge >= 0.3 is 0 Å². The van der Waals surface area contributed by atoms with Crippen LogP contribution in [0.1, 0.15) is 21.7 Å². The molecular formula is C22H23N5O2S. The maximum absolute atomic E-state index is 12.9. The van der Waals surface area contributed by atoms with E-state index in [1.807, 2.05) is 52.7 Å². The zero-order valence-corrected chi connectivity index (χ0v) is 17.2. The molecule has 0 radical (unpaired) electrons. The first-order valence-electron chi connectivity index (χ1n) is 9.83. The Bertz CT molecular complexity index is 1100. The number of carbonyl (C=O) groups excluding carboxylic acids is 2. The molecule has 0 spiro atoms. The average molecular weight is 422 g/mol. The number of fused-ring (bicyclic) bond motifs is 1. The standard InChI is InChI=1S/C22H23N5O2S/c28-21(24-8-4-10-27-11-9-23-15-27)19(26-22(29)20-7-3-12-30-20)13-16-14-25-18-6-2-1-5-17(16)18/h1-3,5-7,9,11-12,14-15,19,25H,4,8,10,13H2,(H,24,28)(H,26,29). The Labute approximate surface area is 178 Å². The van der Waals surface area contributed by atoms with Crippen molar-refractivity contribution in [3.8, 4) is 0 Å². The zero-order chi connectivity index (χ0) is 20.8. The second kappa shape index (κ2) is 9.41. The van der Waals surface area contributed by atoms with Gasteiger partial charge in [-0.25, -0.2) is 4.98 Å². The quantitative estimate of drug-likeness (QED) is 0.363. The second-order valence-electron chi connectivity index (χ2n) is 7.01. The fourth-order valence-electron chi connectivity index (χ4n) is 3.38. The molecule has 3 N–H and O–H groups in total. The number of benzene rings is 1. The minimum Gasteiger partial charge on any atom is -0.361 e. The lowest BCUT2D eigenvalue weighted by Gasteiger charge is -2.18. The molecule has 2 amide bonds. The highest BCUT2D eigenvalue weighted by Gasteiger charge is 2.23. The van der Waals surface area contributed by atoms with E-state index in [4.69, 9.17) is 0 Å². The lowest BCUT2D eigenvalue weighted by Crippen LogP contribution is -2.48. The van der Waals surface area contributed by atoms with Gasteiger partial charge < -0.3 is 20.2 Å². The molecular weight excluding hydrogens is 398 g/mol. The van der Waals surface area contributed by atoms with Crippen molar-refractivity contribution in [1.29, 1.82) is 0 Å². The normalized spacial score (nSPS) is 12.0. The number of nitrogens with one attached hydrogen (secondary N) is 3. The van der Waals surface area contributed by atoms with Gasteiger partial charge in [0, 0.05) is 49.0 Å². The molecule has 4 aromatic rings. The van der Waals surface area contributed by atoms with Crippen LogP contribution in [0.15, 0.2) is 66.7 Å². The third kappa shape index (κ3) is 4.77. The number of para-hydroxylation sites is 1.